The fraction of sp³-hybridized carbons (Fsp3) is 0.429. The molecule has 4 rings (SSSR count). The van der Waals surface area contributed by atoms with Crippen molar-refractivity contribution >= 4 is 0 Å². The second kappa shape index (κ2) is 6.99. The van der Waals surface area contributed by atoms with Crippen LogP contribution in [0.1, 0.15) is 31.2 Å². The average Bonchev–Trinajstić information content (AvgIpc) is 2.75. The third-order valence-corrected chi connectivity index (χ3v) is 6.17. The molecule has 0 radical (unpaired) electrons. The molecule has 0 aromatic heterocycles. The van der Waals surface area contributed by atoms with E-state index < -0.39 is 0 Å². The van der Waals surface area contributed by atoms with Gasteiger partial charge in [0.15, 0.2) is 0 Å². The summed E-state index contributed by atoms with van der Waals surface area (Å²) >= 11 is 0. The zero-order valence-electron chi connectivity index (χ0n) is 14.2. The van der Waals surface area contributed by atoms with E-state index in [0.717, 1.165) is 23.9 Å². The van der Waals surface area contributed by atoms with Gasteiger partial charge in [0, 0.05) is 31.2 Å². The number of aliphatic hydroxyl groups excluding tert-OH is 1. The molecular formula is C21H26BrNO. The quantitative estimate of drug-likeness (QED) is 0.778. The smallest absolute Gasteiger partial charge is 0.105 e. The fourth-order valence-electron chi connectivity index (χ4n) is 4.80. The normalized spacial score (nSPS) is 31.5. The highest BCUT2D eigenvalue weighted by molar-refractivity contribution is 5.63. The van der Waals surface area contributed by atoms with Gasteiger partial charge in [-0.2, -0.15) is 0 Å². The van der Waals surface area contributed by atoms with Crippen LogP contribution >= 0.6 is 0 Å². The first kappa shape index (κ1) is 17.7. The molecule has 0 saturated carbocycles. The minimum absolute atomic E-state index is 0. The van der Waals surface area contributed by atoms with Crippen molar-refractivity contribution in [2.75, 3.05) is 7.05 Å². The Bertz CT molecular complexity index is 656. The summed E-state index contributed by atoms with van der Waals surface area (Å²) < 4.78 is 1.13. The third-order valence-electron chi connectivity index (χ3n) is 6.17. The number of piperidine rings is 1. The van der Waals surface area contributed by atoms with E-state index in [-0.39, 0.29) is 23.1 Å². The molecule has 2 fully saturated rings. The molecule has 0 amide bonds. The van der Waals surface area contributed by atoms with Gasteiger partial charge in [-0.3, -0.25) is 0 Å². The Labute approximate surface area is 155 Å². The molecule has 2 bridgehead atoms. The van der Waals surface area contributed by atoms with Gasteiger partial charge in [-0.1, -0.05) is 54.6 Å². The van der Waals surface area contributed by atoms with Crippen LogP contribution < -0.4 is 17.0 Å². The monoisotopic (exact) mass is 387 g/mol. The lowest BCUT2D eigenvalue weighted by Gasteiger charge is -2.46. The highest BCUT2D eigenvalue weighted by Gasteiger charge is 2.50. The summed E-state index contributed by atoms with van der Waals surface area (Å²) in [5.41, 5.74) is 3.98. The van der Waals surface area contributed by atoms with Crippen molar-refractivity contribution in [3.8, 4) is 11.1 Å². The van der Waals surface area contributed by atoms with Crippen molar-refractivity contribution in [1.82, 2.24) is 0 Å². The minimum Gasteiger partial charge on any atom is -1.00 e. The van der Waals surface area contributed by atoms with Crippen molar-refractivity contribution in [3.05, 3.63) is 60.2 Å². The second-order valence-corrected chi connectivity index (χ2v) is 7.58. The average molecular weight is 388 g/mol. The predicted octanol–water partition coefficient (Wildman–Crippen LogP) is 0.990. The molecule has 2 unspecified atom stereocenters. The Morgan fingerprint density at radius 3 is 2.00 bits per heavy atom. The molecule has 2 saturated heterocycles. The minimum atomic E-state index is -0.0702. The molecule has 2 nitrogen and oxygen atoms in total. The van der Waals surface area contributed by atoms with E-state index in [1.54, 1.807) is 0 Å². The van der Waals surface area contributed by atoms with Crippen molar-refractivity contribution < 1.29 is 26.6 Å². The Balaban J connectivity index is 0.00000169. The highest BCUT2D eigenvalue weighted by atomic mass is 79.9. The first-order chi connectivity index (χ1) is 11.1. The van der Waals surface area contributed by atoms with E-state index in [4.69, 9.17) is 0 Å². The maximum atomic E-state index is 10.0. The number of hydrogen-bond acceptors (Lipinski definition) is 1. The Hall–Kier alpha value is -1.16. The van der Waals surface area contributed by atoms with Crippen LogP contribution in [-0.2, 0) is 6.54 Å². The number of nitrogens with zero attached hydrogens (tertiary/aromatic N) is 1. The molecule has 2 aliphatic rings. The summed E-state index contributed by atoms with van der Waals surface area (Å²) in [5, 5.41) is 10.0. The lowest BCUT2D eigenvalue weighted by Crippen LogP contribution is -3.00. The van der Waals surface area contributed by atoms with E-state index in [9.17, 15) is 5.11 Å². The van der Waals surface area contributed by atoms with Gasteiger partial charge in [0.2, 0.25) is 0 Å². The Kier molecular flexibility index (Phi) is 5.14. The van der Waals surface area contributed by atoms with E-state index >= 15 is 0 Å². The number of quaternary nitrogens is 1. The zero-order chi connectivity index (χ0) is 15.9. The lowest BCUT2D eigenvalue weighted by atomic mass is 9.95. The van der Waals surface area contributed by atoms with Crippen LogP contribution in [0.25, 0.3) is 11.1 Å². The summed E-state index contributed by atoms with van der Waals surface area (Å²) in [7, 11) is 2.40. The van der Waals surface area contributed by atoms with Crippen LogP contribution in [0, 0.1) is 0 Å². The van der Waals surface area contributed by atoms with Gasteiger partial charge in [-0.05, 0) is 11.1 Å². The van der Waals surface area contributed by atoms with E-state index in [1.807, 2.05) is 0 Å². The molecule has 2 aliphatic heterocycles. The molecule has 2 aromatic rings. The first-order valence-electron chi connectivity index (χ1n) is 8.82. The van der Waals surface area contributed by atoms with Gasteiger partial charge < -0.3 is 26.6 Å². The molecule has 1 N–H and O–H groups in total. The Morgan fingerprint density at radius 2 is 1.42 bits per heavy atom. The summed E-state index contributed by atoms with van der Waals surface area (Å²) in [6, 6.07) is 20.9. The van der Waals surface area contributed by atoms with Crippen molar-refractivity contribution in [2.45, 2.75) is 50.4 Å². The third kappa shape index (κ3) is 3.17. The fourth-order valence-corrected chi connectivity index (χ4v) is 4.80. The van der Waals surface area contributed by atoms with Crippen LogP contribution in [0.5, 0.6) is 0 Å². The number of benzene rings is 2. The maximum Gasteiger partial charge on any atom is 0.105 e. The van der Waals surface area contributed by atoms with Crippen LogP contribution in [0.3, 0.4) is 0 Å². The van der Waals surface area contributed by atoms with Crippen molar-refractivity contribution in [1.29, 1.82) is 0 Å². The molecule has 24 heavy (non-hydrogen) atoms. The van der Waals surface area contributed by atoms with Gasteiger partial charge >= 0.3 is 0 Å². The number of halogens is 1. The molecule has 2 heterocycles. The SMILES string of the molecule is C[N+]1(Cc2ccc(-c3ccccc3)cc2)C2CCC1CC(O)C2.[Br-]. The van der Waals surface area contributed by atoms with Gasteiger partial charge in [0.25, 0.3) is 0 Å². The largest absolute Gasteiger partial charge is 1.00 e. The van der Waals surface area contributed by atoms with Crippen LogP contribution in [0.2, 0.25) is 0 Å². The summed E-state index contributed by atoms with van der Waals surface area (Å²) in [4.78, 5) is 0. The molecule has 128 valence electrons. The van der Waals surface area contributed by atoms with Crippen molar-refractivity contribution in [2.24, 2.45) is 0 Å². The van der Waals surface area contributed by atoms with E-state index in [2.05, 4.69) is 61.6 Å². The summed E-state index contributed by atoms with van der Waals surface area (Å²) in [5.74, 6) is 0. The lowest BCUT2D eigenvalue weighted by molar-refractivity contribution is -0.961. The molecule has 2 aromatic carbocycles. The van der Waals surface area contributed by atoms with Gasteiger partial charge in [-0.25, -0.2) is 0 Å². The molecular weight excluding hydrogens is 362 g/mol. The van der Waals surface area contributed by atoms with E-state index in [0.29, 0.717) is 12.1 Å². The second-order valence-electron chi connectivity index (χ2n) is 7.58. The van der Waals surface area contributed by atoms with Crippen LogP contribution in [0.15, 0.2) is 54.6 Å². The zero-order valence-corrected chi connectivity index (χ0v) is 15.8. The molecule has 0 aliphatic carbocycles. The van der Waals surface area contributed by atoms with Gasteiger partial charge in [-0.15, -0.1) is 0 Å². The van der Waals surface area contributed by atoms with Crippen LogP contribution in [-0.4, -0.2) is 34.8 Å². The summed E-state index contributed by atoms with van der Waals surface area (Å²) in [6.07, 6.45) is 4.45. The Morgan fingerprint density at radius 1 is 0.875 bits per heavy atom. The molecule has 3 heteroatoms. The van der Waals surface area contributed by atoms with Crippen LogP contribution in [0.4, 0.5) is 0 Å². The standard InChI is InChI=1S/C21H26NO.BrH/c1-22(19-11-12-20(22)14-21(23)13-19)15-16-7-9-18(10-8-16)17-5-3-2-4-6-17;/h2-10,19-21,23H,11-15H2,1H3;1H/q+1;/p-1. The maximum absolute atomic E-state index is 10.0. The summed E-state index contributed by atoms with van der Waals surface area (Å²) in [6.45, 7) is 1.09. The highest BCUT2D eigenvalue weighted by Crippen LogP contribution is 2.42. The predicted molar refractivity (Wildman–Crippen MR) is 93.8 cm³/mol. The molecule has 2 atom stereocenters. The number of hydrogen-bond donors (Lipinski definition) is 1. The number of aliphatic hydroxyl groups is 1. The topological polar surface area (TPSA) is 20.2 Å². The molecule has 0 spiro atoms. The number of fused-ring (bicyclic) bond motifs is 2. The van der Waals surface area contributed by atoms with Gasteiger partial charge in [0.1, 0.15) is 6.54 Å². The first-order valence-corrected chi connectivity index (χ1v) is 8.82. The van der Waals surface area contributed by atoms with E-state index in [1.165, 1.54) is 29.5 Å². The van der Waals surface area contributed by atoms with Crippen molar-refractivity contribution in [3.63, 3.8) is 0 Å². The van der Waals surface area contributed by atoms with Gasteiger partial charge in [0.05, 0.1) is 25.2 Å². The number of rotatable bonds is 3.